The van der Waals surface area contributed by atoms with Gasteiger partial charge in [0.1, 0.15) is 0 Å². The van der Waals surface area contributed by atoms with Gasteiger partial charge in [-0.1, -0.05) is 54.1 Å². The van der Waals surface area contributed by atoms with Crippen molar-refractivity contribution in [2.24, 2.45) is 0 Å². The van der Waals surface area contributed by atoms with Crippen LogP contribution >= 0.6 is 0 Å². The van der Waals surface area contributed by atoms with Crippen LogP contribution in [-0.4, -0.2) is 33.6 Å². The summed E-state index contributed by atoms with van der Waals surface area (Å²) < 4.78 is 1.86. The molecule has 0 fully saturated rings. The van der Waals surface area contributed by atoms with Crippen molar-refractivity contribution in [3.8, 4) is 28.1 Å². The maximum absolute atomic E-state index is 12.5. The highest BCUT2D eigenvalue weighted by molar-refractivity contribution is 6.04. The molecule has 3 aromatic carbocycles. The van der Waals surface area contributed by atoms with Gasteiger partial charge in [0, 0.05) is 48.4 Å². The number of nitrogens with zero attached hydrogens (tertiary/aromatic N) is 3. The van der Waals surface area contributed by atoms with Gasteiger partial charge in [-0.2, -0.15) is 5.10 Å². The van der Waals surface area contributed by atoms with Crippen LogP contribution in [0.1, 0.15) is 28.0 Å². The minimum absolute atomic E-state index is 0.0269. The lowest BCUT2D eigenvalue weighted by Crippen LogP contribution is -2.18. The lowest BCUT2D eigenvalue weighted by molar-refractivity contribution is -0.120. The smallest absolute Gasteiger partial charge is 0.255 e. The van der Waals surface area contributed by atoms with Gasteiger partial charge in [-0.25, -0.2) is 4.68 Å². The van der Waals surface area contributed by atoms with Crippen LogP contribution < -0.4 is 10.6 Å². The van der Waals surface area contributed by atoms with Gasteiger partial charge in [0.2, 0.25) is 5.91 Å². The van der Waals surface area contributed by atoms with E-state index in [0.29, 0.717) is 24.1 Å². The first-order valence-corrected chi connectivity index (χ1v) is 12.8. The molecule has 0 unspecified atom stereocenters. The summed E-state index contributed by atoms with van der Waals surface area (Å²) in [5, 5.41) is 10.5. The average molecular weight is 516 g/mol. The van der Waals surface area contributed by atoms with Gasteiger partial charge in [-0.3, -0.25) is 14.6 Å². The molecule has 0 saturated carbocycles. The Morgan fingerprint density at radius 3 is 2.05 bits per heavy atom. The number of aromatic nitrogens is 3. The van der Waals surface area contributed by atoms with Crippen molar-refractivity contribution in [3.63, 3.8) is 0 Å². The number of nitrogens with one attached hydrogen (secondary N) is 2. The predicted molar refractivity (Wildman–Crippen MR) is 154 cm³/mol. The average Bonchev–Trinajstić information content (AvgIpc) is 3.41. The second kappa shape index (κ2) is 11.6. The van der Waals surface area contributed by atoms with E-state index >= 15 is 0 Å². The highest BCUT2D eigenvalue weighted by Gasteiger charge is 2.14. The van der Waals surface area contributed by atoms with Gasteiger partial charge in [-0.15, -0.1) is 0 Å². The zero-order valence-electron chi connectivity index (χ0n) is 21.9. The van der Waals surface area contributed by atoms with E-state index in [2.05, 4.69) is 71.1 Å². The molecule has 0 atom stereocenters. The number of rotatable bonds is 8. The maximum atomic E-state index is 12.5. The lowest BCUT2D eigenvalue weighted by atomic mass is 10.0. The van der Waals surface area contributed by atoms with Crippen LogP contribution in [0.4, 0.5) is 5.69 Å². The maximum Gasteiger partial charge on any atom is 0.255 e. The molecular formula is C32H29N5O2. The van der Waals surface area contributed by atoms with Gasteiger partial charge in [0.15, 0.2) is 0 Å². The summed E-state index contributed by atoms with van der Waals surface area (Å²) in [5.74, 6) is -0.229. The van der Waals surface area contributed by atoms with Crippen molar-refractivity contribution in [2.75, 3.05) is 12.4 Å². The molecule has 0 saturated heterocycles. The highest BCUT2D eigenvalue weighted by atomic mass is 16.2. The van der Waals surface area contributed by atoms with Crippen molar-refractivity contribution in [2.45, 2.75) is 19.8 Å². The molecule has 39 heavy (non-hydrogen) atoms. The van der Waals surface area contributed by atoms with E-state index in [9.17, 15) is 9.59 Å². The van der Waals surface area contributed by atoms with E-state index in [1.807, 2.05) is 35.0 Å². The second-order valence-corrected chi connectivity index (χ2v) is 9.29. The minimum atomic E-state index is -0.202. The molecule has 0 spiro atoms. The Labute approximate surface area is 227 Å². The van der Waals surface area contributed by atoms with Crippen molar-refractivity contribution in [3.05, 3.63) is 120 Å². The van der Waals surface area contributed by atoms with Crippen LogP contribution in [0.25, 0.3) is 28.1 Å². The molecule has 194 valence electrons. The molecule has 0 bridgehead atoms. The second-order valence-electron chi connectivity index (χ2n) is 9.29. The molecular weight excluding hydrogens is 486 g/mol. The van der Waals surface area contributed by atoms with Gasteiger partial charge in [-0.05, 0) is 66.9 Å². The summed E-state index contributed by atoms with van der Waals surface area (Å²) in [7, 11) is 1.64. The van der Waals surface area contributed by atoms with Crippen molar-refractivity contribution in [1.29, 1.82) is 0 Å². The van der Waals surface area contributed by atoms with Gasteiger partial charge < -0.3 is 10.6 Å². The quantitative estimate of drug-likeness (QED) is 0.272. The van der Waals surface area contributed by atoms with E-state index in [1.165, 1.54) is 11.1 Å². The fourth-order valence-electron chi connectivity index (χ4n) is 4.30. The number of carbonyl (C=O) groups is 2. The summed E-state index contributed by atoms with van der Waals surface area (Å²) in [4.78, 5) is 28.4. The Morgan fingerprint density at radius 2 is 1.41 bits per heavy atom. The number of aryl methyl sites for hydroxylation is 2. The van der Waals surface area contributed by atoms with Crippen molar-refractivity contribution >= 4 is 17.5 Å². The molecule has 2 amide bonds. The standard InChI is InChI=1S/C32H29N5O2/c1-22-3-5-23(6-4-22)24-7-9-25(10-8-24)30-21-29(15-16-31(38)33-2)37(36-30)28-13-11-27(12-14-28)35-32(39)26-17-19-34-20-18-26/h3-14,17-21H,15-16H2,1-2H3,(H,33,38)(H,35,39). The number of pyridine rings is 1. The summed E-state index contributed by atoms with van der Waals surface area (Å²) in [6.07, 6.45) is 4.07. The number of benzene rings is 3. The Bertz CT molecular complexity index is 1570. The minimum Gasteiger partial charge on any atom is -0.359 e. The van der Waals surface area contributed by atoms with E-state index in [1.54, 1.807) is 31.6 Å². The summed E-state index contributed by atoms with van der Waals surface area (Å²) >= 11 is 0. The van der Waals surface area contributed by atoms with E-state index in [4.69, 9.17) is 5.10 Å². The molecule has 0 radical (unpaired) electrons. The summed E-state index contributed by atoms with van der Waals surface area (Å²) in [6, 6.07) is 29.7. The molecule has 7 nitrogen and oxygen atoms in total. The number of hydrogen-bond acceptors (Lipinski definition) is 4. The van der Waals surface area contributed by atoms with Gasteiger partial charge in [0.25, 0.3) is 5.91 Å². The van der Waals surface area contributed by atoms with Crippen LogP contribution in [0.3, 0.4) is 0 Å². The fourth-order valence-corrected chi connectivity index (χ4v) is 4.30. The molecule has 0 aliphatic rings. The summed E-state index contributed by atoms with van der Waals surface area (Å²) in [5.41, 5.74) is 8.33. The summed E-state index contributed by atoms with van der Waals surface area (Å²) in [6.45, 7) is 2.08. The first-order chi connectivity index (χ1) is 19.0. The Hall–Kier alpha value is -5.04. The number of amides is 2. The van der Waals surface area contributed by atoms with Crippen LogP contribution in [-0.2, 0) is 11.2 Å². The third kappa shape index (κ3) is 6.10. The third-order valence-electron chi connectivity index (χ3n) is 6.55. The molecule has 2 heterocycles. The van der Waals surface area contributed by atoms with Gasteiger partial charge in [0.05, 0.1) is 11.4 Å². The normalized spacial score (nSPS) is 10.7. The monoisotopic (exact) mass is 515 g/mol. The zero-order chi connectivity index (χ0) is 27.2. The SMILES string of the molecule is CNC(=O)CCc1cc(-c2ccc(-c3ccc(C)cc3)cc2)nn1-c1ccc(NC(=O)c2ccncc2)cc1. The molecule has 0 aliphatic carbocycles. The highest BCUT2D eigenvalue weighted by Crippen LogP contribution is 2.27. The predicted octanol–water partition coefficient (Wildman–Crippen LogP) is 5.84. The fraction of sp³-hybridized carbons (Fsp3) is 0.125. The molecule has 0 aliphatic heterocycles. The number of hydrogen-bond donors (Lipinski definition) is 2. The molecule has 5 aromatic rings. The van der Waals surface area contributed by atoms with Crippen LogP contribution in [0.5, 0.6) is 0 Å². The van der Waals surface area contributed by atoms with Gasteiger partial charge >= 0.3 is 0 Å². The van der Waals surface area contributed by atoms with Crippen molar-refractivity contribution in [1.82, 2.24) is 20.1 Å². The molecule has 7 heteroatoms. The van der Waals surface area contributed by atoms with Crippen molar-refractivity contribution < 1.29 is 9.59 Å². The number of carbonyl (C=O) groups excluding carboxylic acids is 2. The van der Waals surface area contributed by atoms with E-state index in [0.717, 1.165) is 28.2 Å². The Kier molecular flexibility index (Phi) is 7.59. The largest absolute Gasteiger partial charge is 0.359 e. The Morgan fingerprint density at radius 1 is 0.795 bits per heavy atom. The lowest BCUT2D eigenvalue weighted by Gasteiger charge is -2.09. The van der Waals surface area contributed by atoms with Crippen LogP contribution in [0.2, 0.25) is 0 Å². The molecule has 5 rings (SSSR count). The third-order valence-corrected chi connectivity index (χ3v) is 6.55. The topological polar surface area (TPSA) is 88.9 Å². The van der Waals surface area contributed by atoms with E-state index < -0.39 is 0 Å². The molecule has 2 aromatic heterocycles. The zero-order valence-corrected chi connectivity index (χ0v) is 21.9. The van der Waals surface area contributed by atoms with E-state index in [-0.39, 0.29) is 11.8 Å². The molecule has 2 N–H and O–H groups in total. The van der Waals surface area contributed by atoms with Crippen LogP contribution in [0, 0.1) is 6.92 Å². The van der Waals surface area contributed by atoms with Crippen LogP contribution in [0.15, 0.2) is 103 Å². The first-order valence-electron chi connectivity index (χ1n) is 12.8. The first kappa shape index (κ1) is 25.6. The number of anilines is 1. The Balaban J connectivity index is 1.40.